The lowest BCUT2D eigenvalue weighted by Gasteiger charge is -2.14. The van der Waals surface area contributed by atoms with Gasteiger partial charge >= 0.3 is 18.3 Å². The van der Waals surface area contributed by atoms with Crippen LogP contribution in [0.15, 0.2) is 28.5 Å². The number of benzene rings is 1. The molecule has 0 radical (unpaired) electrons. The van der Waals surface area contributed by atoms with Gasteiger partial charge in [-0.2, -0.15) is 26.3 Å². The molecule has 0 aliphatic carbocycles. The molecule has 2 heterocycles. The summed E-state index contributed by atoms with van der Waals surface area (Å²) in [5, 5.41) is 12.6. The number of carboxylic acid groups (broad SMARTS) is 1. The Morgan fingerprint density at radius 3 is 2.26 bits per heavy atom. The average molecular weight is 611 g/mol. The van der Waals surface area contributed by atoms with Crippen LogP contribution >= 0.6 is 35.3 Å². The molecule has 2 amide bonds. The molecule has 0 atom stereocenters. The lowest BCUT2D eigenvalue weighted by molar-refractivity contribution is -0.143. The van der Waals surface area contributed by atoms with Crippen molar-refractivity contribution >= 4 is 63.5 Å². The van der Waals surface area contributed by atoms with E-state index in [4.69, 9.17) is 17.3 Å². The highest BCUT2D eigenvalue weighted by atomic mass is 32.2. The summed E-state index contributed by atoms with van der Waals surface area (Å²) in [6, 6.07) is 1.37. The number of carbonyl (C=O) groups is 3. The molecule has 1 aliphatic rings. The minimum atomic E-state index is -4.98. The number of hydrogen-bond donors (Lipinski definition) is 2. The maximum absolute atomic E-state index is 13.3. The van der Waals surface area contributed by atoms with Gasteiger partial charge in [-0.05, 0) is 59.7 Å². The molecule has 0 bridgehead atoms. The summed E-state index contributed by atoms with van der Waals surface area (Å²) in [6.45, 7) is 1.67. The van der Waals surface area contributed by atoms with E-state index in [1.54, 1.807) is 0 Å². The van der Waals surface area contributed by atoms with E-state index in [1.807, 2.05) is 0 Å². The zero-order chi connectivity index (χ0) is 29.1. The van der Waals surface area contributed by atoms with Crippen molar-refractivity contribution in [1.29, 1.82) is 0 Å². The molecule has 3 rings (SSSR count). The number of thiocarbonyl (C=S) groups is 1. The summed E-state index contributed by atoms with van der Waals surface area (Å²) in [4.78, 5) is 37.2. The summed E-state index contributed by atoms with van der Waals surface area (Å²) in [6.07, 6.45) is -8.41. The van der Waals surface area contributed by atoms with Gasteiger partial charge < -0.3 is 10.4 Å². The number of hydrogen-bond acceptors (Lipinski definition) is 6. The Morgan fingerprint density at radius 1 is 1.08 bits per heavy atom. The number of thiophene rings is 1. The van der Waals surface area contributed by atoms with Gasteiger partial charge in [0.25, 0.3) is 5.91 Å². The smallest absolute Gasteiger partial charge is 0.416 e. The third kappa shape index (κ3) is 7.82. The number of nitrogens with one attached hydrogen (secondary N) is 1. The molecular weight excluding hydrogens is 590 g/mol. The number of thioether (sulfide) groups is 1. The van der Waals surface area contributed by atoms with Crippen LogP contribution < -0.4 is 5.32 Å². The quantitative estimate of drug-likeness (QED) is 0.149. The number of aliphatic carboxylic acids is 1. The molecule has 1 aliphatic heterocycles. The highest BCUT2D eigenvalue weighted by molar-refractivity contribution is 8.26. The van der Waals surface area contributed by atoms with Crippen LogP contribution in [0.2, 0.25) is 0 Å². The Labute approximate surface area is 232 Å². The van der Waals surface area contributed by atoms with Crippen molar-refractivity contribution in [3.63, 3.8) is 0 Å². The Kier molecular flexibility index (Phi) is 9.49. The number of halogens is 6. The second-order valence-electron chi connectivity index (χ2n) is 8.36. The van der Waals surface area contributed by atoms with E-state index >= 15 is 0 Å². The van der Waals surface area contributed by atoms with Crippen LogP contribution in [-0.4, -0.2) is 45.2 Å². The molecule has 1 fully saturated rings. The van der Waals surface area contributed by atoms with Gasteiger partial charge in [0.2, 0.25) is 5.91 Å². The van der Waals surface area contributed by atoms with E-state index < -0.39 is 41.3 Å². The third-order valence-electron chi connectivity index (χ3n) is 5.56. The molecule has 1 aromatic carbocycles. The van der Waals surface area contributed by atoms with Crippen molar-refractivity contribution < 1.29 is 45.8 Å². The second-order valence-corrected chi connectivity index (χ2v) is 11.0. The van der Waals surface area contributed by atoms with E-state index in [9.17, 15) is 40.7 Å². The molecule has 6 nitrogen and oxygen atoms in total. The Bertz CT molecular complexity index is 1300. The molecule has 15 heteroatoms. The molecule has 2 N–H and O–H groups in total. The van der Waals surface area contributed by atoms with Crippen LogP contribution in [0.4, 0.5) is 26.3 Å². The molecule has 0 spiro atoms. The van der Waals surface area contributed by atoms with Gasteiger partial charge in [-0.1, -0.05) is 24.0 Å². The normalized spacial score (nSPS) is 15.4. The third-order valence-corrected chi connectivity index (χ3v) is 7.97. The van der Waals surface area contributed by atoms with E-state index in [0.717, 1.165) is 23.1 Å². The zero-order valence-corrected chi connectivity index (χ0v) is 22.5. The fourth-order valence-corrected chi connectivity index (χ4v) is 5.95. The predicted octanol–water partition coefficient (Wildman–Crippen LogP) is 6.33. The van der Waals surface area contributed by atoms with Crippen LogP contribution in [0.3, 0.4) is 0 Å². The topological polar surface area (TPSA) is 86.7 Å². The predicted molar refractivity (Wildman–Crippen MR) is 139 cm³/mol. The van der Waals surface area contributed by atoms with E-state index in [2.05, 4.69) is 5.32 Å². The molecule has 0 unspecified atom stereocenters. The van der Waals surface area contributed by atoms with Gasteiger partial charge in [-0.15, -0.1) is 11.3 Å². The van der Waals surface area contributed by atoms with Gasteiger partial charge in [0.05, 0.1) is 16.0 Å². The first kappa shape index (κ1) is 30.6. The minimum Gasteiger partial charge on any atom is -0.481 e. The number of carboxylic acids is 1. The average Bonchev–Trinajstić information content (AvgIpc) is 3.32. The van der Waals surface area contributed by atoms with Crippen molar-refractivity contribution in [2.24, 2.45) is 0 Å². The van der Waals surface area contributed by atoms with Crippen LogP contribution in [-0.2, 0) is 26.7 Å². The molecule has 210 valence electrons. The number of carbonyl (C=O) groups excluding carboxylic acids is 2. The van der Waals surface area contributed by atoms with E-state index in [1.165, 1.54) is 23.3 Å². The van der Waals surface area contributed by atoms with Gasteiger partial charge in [0, 0.05) is 30.8 Å². The molecule has 2 aromatic rings. The van der Waals surface area contributed by atoms with Crippen LogP contribution in [0.25, 0.3) is 17.2 Å². The number of nitrogens with zero attached hydrogens (tertiary/aromatic N) is 1. The first-order valence-electron chi connectivity index (χ1n) is 11.2. The van der Waals surface area contributed by atoms with Crippen molar-refractivity contribution in [2.45, 2.75) is 38.5 Å². The fraction of sp³-hybridized carbons (Fsp3) is 0.333. The highest BCUT2D eigenvalue weighted by Crippen LogP contribution is 2.42. The van der Waals surface area contributed by atoms with Gasteiger partial charge in [-0.3, -0.25) is 19.3 Å². The lowest BCUT2D eigenvalue weighted by atomic mass is 9.98. The summed E-state index contributed by atoms with van der Waals surface area (Å²) in [5.74, 6) is -1.87. The van der Waals surface area contributed by atoms with E-state index in [-0.39, 0.29) is 58.8 Å². The first-order chi connectivity index (χ1) is 18.1. The highest BCUT2D eigenvalue weighted by Gasteiger charge is 2.37. The summed E-state index contributed by atoms with van der Waals surface area (Å²) in [7, 11) is 0. The Hall–Kier alpha value is -2.91. The molecular formula is C24H20F6N2O4S3. The van der Waals surface area contributed by atoms with E-state index in [0.29, 0.717) is 22.6 Å². The monoisotopic (exact) mass is 610 g/mol. The Balaban J connectivity index is 1.77. The van der Waals surface area contributed by atoms with Crippen LogP contribution in [0, 0.1) is 6.92 Å². The van der Waals surface area contributed by atoms with Crippen molar-refractivity contribution in [2.75, 3.05) is 13.1 Å². The van der Waals surface area contributed by atoms with Crippen molar-refractivity contribution in [1.82, 2.24) is 10.2 Å². The van der Waals surface area contributed by atoms with Crippen molar-refractivity contribution in [3.8, 4) is 11.1 Å². The summed E-state index contributed by atoms with van der Waals surface area (Å²) in [5.41, 5.74) is -2.55. The molecule has 1 aromatic heterocycles. The lowest BCUT2D eigenvalue weighted by Crippen LogP contribution is -2.33. The minimum absolute atomic E-state index is 0.0219. The maximum Gasteiger partial charge on any atom is 0.416 e. The Morgan fingerprint density at radius 2 is 1.69 bits per heavy atom. The summed E-state index contributed by atoms with van der Waals surface area (Å²) >= 11 is 7.24. The largest absolute Gasteiger partial charge is 0.481 e. The number of alkyl halides is 6. The standard InChI is InChI=1S/C24H20F6N2O4S3/c1-12-16(13-7-14(23(25,26)27)9-15(8-13)24(28,29)30)11-38-17(12)10-18-21(36)32(22(37)39-18)6-4-19(33)31-5-2-3-20(34)35/h7-11H,2-6H2,1H3,(H,31,33)(H,34,35). The van der Waals surface area contributed by atoms with Crippen LogP contribution in [0.5, 0.6) is 0 Å². The summed E-state index contributed by atoms with van der Waals surface area (Å²) < 4.78 is 79.9. The van der Waals surface area contributed by atoms with Gasteiger partial charge in [-0.25, -0.2) is 0 Å². The molecule has 1 saturated heterocycles. The molecule has 0 saturated carbocycles. The zero-order valence-electron chi connectivity index (χ0n) is 20.0. The maximum atomic E-state index is 13.3. The van der Waals surface area contributed by atoms with Gasteiger partial charge in [0.15, 0.2) is 0 Å². The molecule has 39 heavy (non-hydrogen) atoms. The fourth-order valence-electron chi connectivity index (χ4n) is 3.55. The number of amides is 2. The first-order valence-corrected chi connectivity index (χ1v) is 13.3. The second kappa shape index (κ2) is 12.1. The van der Waals surface area contributed by atoms with Crippen molar-refractivity contribution in [3.05, 3.63) is 50.1 Å². The van der Waals surface area contributed by atoms with Gasteiger partial charge in [0.1, 0.15) is 4.32 Å². The SMILES string of the molecule is Cc1c(-c2cc(C(F)(F)F)cc(C(F)(F)F)c2)csc1C=C1SC(=S)N(CCC(=O)NCCCC(=O)O)C1=O. The van der Waals surface area contributed by atoms with Crippen LogP contribution in [0.1, 0.15) is 40.8 Å². The number of rotatable bonds is 9.